The zero-order valence-electron chi connectivity index (χ0n) is 12.6. The van der Waals surface area contributed by atoms with E-state index in [9.17, 15) is 0 Å². The van der Waals surface area contributed by atoms with E-state index in [4.69, 9.17) is 9.72 Å². The van der Waals surface area contributed by atoms with E-state index in [-0.39, 0.29) is 0 Å². The third kappa shape index (κ3) is 3.31. The highest BCUT2D eigenvalue weighted by Gasteiger charge is 2.27. The lowest BCUT2D eigenvalue weighted by atomic mass is 10.2. The Morgan fingerprint density at radius 1 is 1.27 bits per heavy atom. The molecule has 5 heteroatoms. The Kier molecular flexibility index (Phi) is 4.08. The van der Waals surface area contributed by atoms with Gasteiger partial charge in [0.1, 0.15) is 11.6 Å². The van der Waals surface area contributed by atoms with E-state index in [1.807, 2.05) is 12.3 Å². The lowest BCUT2D eigenvalue weighted by Crippen LogP contribution is -2.32. The third-order valence-electron chi connectivity index (χ3n) is 4.30. The molecule has 0 bridgehead atoms. The smallest absolute Gasteiger partial charge is 0.133 e. The zero-order chi connectivity index (χ0) is 14.8. The van der Waals surface area contributed by atoms with Gasteiger partial charge in [-0.2, -0.15) is 0 Å². The van der Waals surface area contributed by atoms with Crippen LogP contribution in [0.4, 0.5) is 5.82 Å². The van der Waals surface area contributed by atoms with Crippen molar-refractivity contribution in [2.45, 2.75) is 44.2 Å². The fourth-order valence-corrected chi connectivity index (χ4v) is 3.66. The SMILES string of the molecule is c1csc(CN(CC2CCCO2)c2ccnc(C3CC3)n2)c1. The summed E-state index contributed by atoms with van der Waals surface area (Å²) in [4.78, 5) is 13.0. The van der Waals surface area contributed by atoms with Crippen LogP contribution in [-0.4, -0.2) is 29.2 Å². The summed E-state index contributed by atoms with van der Waals surface area (Å²) in [5, 5.41) is 2.13. The Hall–Kier alpha value is -1.46. The number of nitrogens with zero attached hydrogens (tertiary/aromatic N) is 3. The zero-order valence-corrected chi connectivity index (χ0v) is 13.5. The number of rotatable bonds is 6. The van der Waals surface area contributed by atoms with Crippen LogP contribution in [0.25, 0.3) is 0 Å². The fraction of sp³-hybridized carbons (Fsp3) is 0.529. The van der Waals surface area contributed by atoms with E-state index >= 15 is 0 Å². The molecule has 1 saturated heterocycles. The average Bonchev–Trinajstić information content (AvgIpc) is 3.04. The van der Waals surface area contributed by atoms with Crippen molar-refractivity contribution in [3.05, 3.63) is 40.5 Å². The highest BCUT2D eigenvalue weighted by Crippen LogP contribution is 2.38. The van der Waals surface area contributed by atoms with Crippen LogP contribution in [0.1, 0.15) is 42.3 Å². The molecule has 2 fully saturated rings. The molecule has 2 aliphatic rings. The van der Waals surface area contributed by atoms with E-state index in [2.05, 4.69) is 27.4 Å². The van der Waals surface area contributed by atoms with E-state index in [1.165, 1.54) is 24.1 Å². The molecule has 4 rings (SSSR count). The van der Waals surface area contributed by atoms with Crippen molar-refractivity contribution in [3.63, 3.8) is 0 Å². The Labute approximate surface area is 135 Å². The molecule has 1 aliphatic heterocycles. The first-order valence-corrected chi connectivity index (χ1v) is 8.98. The van der Waals surface area contributed by atoms with Gasteiger partial charge in [0.25, 0.3) is 0 Å². The maximum Gasteiger partial charge on any atom is 0.133 e. The van der Waals surface area contributed by atoms with Crippen molar-refractivity contribution >= 4 is 17.2 Å². The Bertz CT molecular complexity index is 606. The molecule has 1 aliphatic carbocycles. The van der Waals surface area contributed by atoms with Gasteiger partial charge in [-0.1, -0.05) is 6.07 Å². The van der Waals surface area contributed by atoms with E-state index in [1.54, 1.807) is 11.3 Å². The van der Waals surface area contributed by atoms with Crippen LogP contribution in [0.2, 0.25) is 0 Å². The number of hydrogen-bond donors (Lipinski definition) is 0. The molecule has 4 nitrogen and oxygen atoms in total. The highest BCUT2D eigenvalue weighted by molar-refractivity contribution is 7.09. The topological polar surface area (TPSA) is 38.2 Å². The summed E-state index contributed by atoms with van der Waals surface area (Å²) in [5.74, 6) is 2.65. The van der Waals surface area contributed by atoms with Gasteiger partial charge in [0.05, 0.1) is 12.6 Å². The summed E-state index contributed by atoms with van der Waals surface area (Å²) in [6, 6.07) is 6.34. The molecule has 116 valence electrons. The maximum atomic E-state index is 5.83. The Morgan fingerprint density at radius 2 is 2.23 bits per heavy atom. The van der Waals surface area contributed by atoms with E-state index < -0.39 is 0 Å². The van der Waals surface area contributed by atoms with Gasteiger partial charge in [0, 0.05) is 30.1 Å². The molecule has 0 radical (unpaired) electrons. The molecule has 1 saturated carbocycles. The third-order valence-corrected chi connectivity index (χ3v) is 5.16. The minimum atomic E-state index is 0.333. The monoisotopic (exact) mass is 315 g/mol. The normalized spacial score (nSPS) is 21.2. The van der Waals surface area contributed by atoms with Crippen LogP contribution < -0.4 is 4.90 Å². The van der Waals surface area contributed by atoms with Gasteiger partial charge in [-0.05, 0) is 43.2 Å². The van der Waals surface area contributed by atoms with E-state index in [0.29, 0.717) is 12.0 Å². The van der Waals surface area contributed by atoms with Crippen LogP contribution in [0.5, 0.6) is 0 Å². The molecule has 0 amide bonds. The van der Waals surface area contributed by atoms with Crippen molar-refractivity contribution < 1.29 is 4.74 Å². The molecule has 0 aromatic carbocycles. The Morgan fingerprint density at radius 3 is 2.95 bits per heavy atom. The quantitative estimate of drug-likeness (QED) is 0.816. The van der Waals surface area contributed by atoms with Crippen LogP contribution >= 0.6 is 11.3 Å². The van der Waals surface area contributed by atoms with Crippen molar-refractivity contribution in [3.8, 4) is 0 Å². The number of aromatic nitrogens is 2. The second kappa shape index (κ2) is 6.34. The molecular formula is C17H21N3OS. The summed E-state index contributed by atoms with van der Waals surface area (Å²) in [6.45, 7) is 2.71. The summed E-state index contributed by atoms with van der Waals surface area (Å²) >= 11 is 1.80. The van der Waals surface area contributed by atoms with Gasteiger partial charge in [0.15, 0.2) is 0 Å². The van der Waals surface area contributed by atoms with Crippen LogP contribution in [0.3, 0.4) is 0 Å². The van der Waals surface area contributed by atoms with Crippen molar-refractivity contribution in [1.29, 1.82) is 0 Å². The highest BCUT2D eigenvalue weighted by atomic mass is 32.1. The largest absolute Gasteiger partial charge is 0.376 e. The van der Waals surface area contributed by atoms with Crippen LogP contribution in [0.15, 0.2) is 29.8 Å². The minimum absolute atomic E-state index is 0.333. The molecular weight excluding hydrogens is 294 g/mol. The Balaban J connectivity index is 1.55. The maximum absolute atomic E-state index is 5.83. The van der Waals surface area contributed by atoms with Gasteiger partial charge in [-0.3, -0.25) is 0 Å². The second-order valence-corrected chi connectivity index (χ2v) is 7.17. The van der Waals surface area contributed by atoms with Crippen molar-refractivity contribution in [1.82, 2.24) is 9.97 Å². The first kappa shape index (κ1) is 14.2. The molecule has 22 heavy (non-hydrogen) atoms. The van der Waals surface area contributed by atoms with Gasteiger partial charge < -0.3 is 9.64 Å². The van der Waals surface area contributed by atoms with Crippen molar-refractivity contribution in [2.75, 3.05) is 18.1 Å². The van der Waals surface area contributed by atoms with Gasteiger partial charge in [-0.25, -0.2) is 9.97 Å². The van der Waals surface area contributed by atoms with Crippen molar-refractivity contribution in [2.24, 2.45) is 0 Å². The summed E-state index contributed by atoms with van der Waals surface area (Å²) in [5.41, 5.74) is 0. The number of anilines is 1. The molecule has 2 aromatic heterocycles. The van der Waals surface area contributed by atoms with Crippen LogP contribution in [-0.2, 0) is 11.3 Å². The average molecular weight is 315 g/mol. The van der Waals surface area contributed by atoms with Crippen LogP contribution in [0, 0.1) is 0 Å². The fourth-order valence-electron chi connectivity index (χ4n) is 2.94. The minimum Gasteiger partial charge on any atom is -0.376 e. The number of hydrogen-bond acceptors (Lipinski definition) is 5. The molecule has 2 aromatic rings. The molecule has 1 unspecified atom stereocenters. The van der Waals surface area contributed by atoms with E-state index in [0.717, 1.165) is 37.8 Å². The first-order valence-electron chi connectivity index (χ1n) is 8.10. The summed E-state index contributed by atoms with van der Waals surface area (Å²) < 4.78 is 5.83. The molecule has 1 atom stereocenters. The second-order valence-electron chi connectivity index (χ2n) is 6.14. The predicted octanol–water partition coefficient (Wildman–Crippen LogP) is 3.60. The standard InChI is InChI=1S/C17H21N3OS/c1-3-14(21-9-1)11-20(12-15-4-2-10-22-15)16-7-8-18-17(19-16)13-5-6-13/h2,4,7-8,10,13-14H,1,3,5-6,9,11-12H2. The molecule has 0 N–H and O–H groups in total. The summed E-state index contributed by atoms with van der Waals surface area (Å²) in [6.07, 6.45) is 7.04. The summed E-state index contributed by atoms with van der Waals surface area (Å²) in [7, 11) is 0. The lowest BCUT2D eigenvalue weighted by molar-refractivity contribution is 0.115. The number of ether oxygens (including phenoxy) is 1. The molecule has 3 heterocycles. The van der Waals surface area contributed by atoms with Gasteiger partial charge >= 0.3 is 0 Å². The first-order chi connectivity index (χ1) is 10.9. The molecule has 0 spiro atoms. The predicted molar refractivity (Wildman–Crippen MR) is 88.4 cm³/mol. The van der Waals surface area contributed by atoms with Gasteiger partial charge in [-0.15, -0.1) is 11.3 Å². The number of thiophene rings is 1. The van der Waals surface area contributed by atoms with Gasteiger partial charge in [0.2, 0.25) is 0 Å². The lowest BCUT2D eigenvalue weighted by Gasteiger charge is -2.26.